The standard InChI is InChI=1S/C13H24N2S/c1-11(2)15(12(3)6-4-8-14)10-13-7-5-9-16-13/h5,7,9,11-12H,4,6,8,10,14H2,1-3H3. The monoisotopic (exact) mass is 240 g/mol. The third-order valence-corrected chi connectivity index (χ3v) is 3.84. The van der Waals surface area contributed by atoms with Crippen LogP contribution in [0.3, 0.4) is 0 Å². The Morgan fingerprint density at radius 1 is 1.38 bits per heavy atom. The zero-order valence-corrected chi connectivity index (χ0v) is 11.5. The van der Waals surface area contributed by atoms with Gasteiger partial charge in [0.1, 0.15) is 0 Å². The summed E-state index contributed by atoms with van der Waals surface area (Å²) in [5.74, 6) is 0. The van der Waals surface area contributed by atoms with Crippen molar-refractivity contribution in [3.05, 3.63) is 22.4 Å². The van der Waals surface area contributed by atoms with Gasteiger partial charge in [-0.1, -0.05) is 6.07 Å². The summed E-state index contributed by atoms with van der Waals surface area (Å²) in [5.41, 5.74) is 5.57. The summed E-state index contributed by atoms with van der Waals surface area (Å²) in [6, 6.07) is 5.55. The van der Waals surface area contributed by atoms with Crippen LogP contribution < -0.4 is 5.73 Å². The molecule has 0 aliphatic heterocycles. The Hall–Kier alpha value is -0.380. The molecular weight excluding hydrogens is 216 g/mol. The lowest BCUT2D eigenvalue weighted by atomic mass is 10.1. The largest absolute Gasteiger partial charge is 0.330 e. The maximum atomic E-state index is 5.57. The lowest BCUT2D eigenvalue weighted by molar-refractivity contribution is 0.147. The molecule has 1 aromatic rings. The summed E-state index contributed by atoms with van der Waals surface area (Å²) in [6.45, 7) is 8.72. The third-order valence-electron chi connectivity index (χ3n) is 2.97. The number of thiophene rings is 1. The Labute approximate surface area is 103 Å². The van der Waals surface area contributed by atoms with Gasteiger partial charge >= 0.3 is 0 Å². The fraction of sp³-hybridized carbons (Fsp3) is 0.692. The quantitative estimate of drug-likeness (QED) is 0.793. The van der Waals surface area contributed by atoms with Crippen molar-refractivity contribution >= 4 is 11.3 Å². The van der Waals surface area contributed by atoms with E-state index in [4.69, 9.17) is 5.73 Å². The van der Waals surface area contributed by atoms with E-state index >= 15 is 0 Å². The molecule has 2 N–H and O–H groups in total. The van der Waals surface area contributed by atoms with E-state index in [1.165, 1.54) is 11.3 Å². The molecule has 0 aliphatic carbocycles. The van der Waals surface area contributed by atoms with Crippen LogP contribution in [0.1, 0.15) is 38.5 Å². The highest BCUT2D eigenvalue weighted by Gasteiger charge is 2.17. The summed E-state index contributed by atoms with van der Waals surface area (Å²) in [4.78, 5) is 4.01. The van der Waals surface area contributed by atoms with E-state index in [0.717, 1.165) is 19.5 Å². The topological polar surface area (TPSA) is 29.3 Å². The molecule has 0 saturated heterocycles. The van der Waals surface area contributed by atoms with Crippen molar-refractivity contribution in [2.45, 2.75) is 52.2 Å². The maximum absolute atomic E-state index is 5.57. The van der Waals surface area contributed by atoms with Crippen LogP contribution in [0, 0.1) is 0 Å². The third kappa shape index (κ3) is 4.24. The molecule has 1 atom stereocenters. The molecule has 92 valence electrons. The van der Waals surface area contributed by atoms with Gasteiger partial charge in [0.25, 0.3) is 0 Å². The van der Waals surface area contributed by atoms with Crippen LogP contribution in [0.5, 0.6) is 0 Å². The van der Waals surface area contributed by atoms with Gasteiger partial charge < -0.3 is 5.73 Å². The fourth-order valence-electron chi connectivity index (χ4n) is 2.01. The highest BCUT2D eigenvalue weighted by Crippen LogP contribution is 2.18. The van der Waals surface area contributed by atoms with E-state index < -0.39 is 0 Å². The average Bonchev–Trinajstić information content (AvgIpc) is 2.74. The van der Waals surface area contributed by atoms with Crippen LogP contribution in [0.25, 0.3) is 0 Å². The zero-order valence-electron chi connectivity index (χ0n) is 10.6. The first kappa shape index (κ1) is 13.7. The molecule has 0 bridgehead atoms. The molecule has 0 saturated carbocycles. The number of nitrogens with two attached hydrogens (primary N) is 1. The van der Waals surface area contributed by atoms with E-state index in [-0.39, 0.29) is 0 Å². The molecular formula is C13H24N2S. The molecule has 3 heteroatoms. The number of hydrogen-bond acceptors (Lipinski definition) is 3. The maximum Gasteiger partial charge on any atom is 0.0333 e. The van der Waals surface area contributed by atoms with Gasteiger partial charge in [-0.15, -0.1) is 11.3 Å². The summed E-state index contributed by atoms with van der Waals surface area (Å²) in [7, 11) is 0. The number of rotatable bonds is 7. The fourth-order valence-corrected chi connectivity index (χ4v) is 2.72. The first-order valence-electron chi connectivity index (χ1n) is 6.13. The Bertz CT molecular complexity index is 269. The zero-order chi connectivity index (χ0) is 12.0. The van der Waals surface area contributed by atoms with E-state index in [1.807, 2.05) is 11.3 Å². The van der Waals surface area contributed by atoms with Gasteiger partial charge in [0.05, 0.1) is 0 Å². The number of hydrogen-bond donors (Lipinski definition) is 1. The number of nitrogens with zero attached hydrogens (tertiary/aromatic N) is 1. The molecule has 0 radical (unpaired) electrons. The molecule has 1 heterocycles. The minimum Gasteiger partial charge on any atom is -0.330 e. The first-order valence-corrected chi connectivity index (χ1v) is 7.01. The second kappa shape index (κ2) is 7.05. The van der Waals surface area contributed by atoms with Crippen LogP contribution in [0.4, 0.5) is 0 Å². The molecule has 0 fully saturated rings. The van der Waals surface area contributed by atoms with Crippen molar-refractivity contribution in [2.24, 2.45) is 5.73 Å². The van der Waals surface area contributed by atoms with Crippen molar-refractivity contribution in [3.63, 3.8) is 0 Å². The van der Waals surface area contributed by atoms with Crippen molar-refractivity contribution in [1.82, 2.24) is 4.90 Å². The average molecular weight is 240 g/mol. The van der Waals surface area contributed by atoms with Crippen molar-refractivity contribution < 1.29 is 0 Å². The highest BCUT2D eigenvalue weighted by molar-refractivity contribution is 7.09. The Morgan fingerprint density at radius 2 is 2.12 bits per heavy atom. The van der Waals surface area contributed by atoms with Crippen molar-refractivity contribution in [3.8, 4) is 0 Å². The van der Waals surface area contributed by atoms with Crippen molar-refractivity contribution in [2.75, 3.05) is 6.54 Å². The van der Waals surface area contributed by atoms with Gasteiger partial charge in [0.2, 0.25) is 0 Å². The van der Waals surface area contributed by atoms with Gasteiger partial charge in [-0.25, -0.2) is 0 Å². The van der Waals surface area contributed by atoms with Gasteiger partial charge in [0, 0.05) is 23.5 Å². The summed E-state index contributed by atoms with van der Waals surface area (Å²) in [5, 5.41) is 2.15. The summed E-state index contributed by atoms with van der Waals surface area (Å²) in [6.07, 6.45) is 2.31. The second-order valence-corrected chi connectivity index (χ2v) is 5.66. The molecule has 0 aliphatic rings. The Kier molecular flexibility index (Phi) is 6.03. The van der Waals surface area contributed by atoms with Crippen molar-refractivity contribution in [1.29, 1.82) is 0 Å². The molecule has 1 rings (SSSR count). The lowest BCUT2D eigenvalue weighted by Gasteiger charge is -2.32. The molecule has 2 nitrogen and oxygen atoms in total. The van der Waals surface area contributed by atoms with E-state index in [2.05, 4.69) is 43.2 Å². The predicted octanol–water partition coefficient (Wildman–Crippen LogP) is 3.09. The molecule has 1 unspecified atom stereocenters. The molecule has 0 amide bonds. The minimum atomic E-state index is 0.592. The predicted molar refractivity (Wildman–Crippen MR) is 72.7 cm³/mol. The van der Waals surface area contributed by atoms with E-state index in [1.54, 1.807) is 0 Å². The molecule has 0 spiro atoms. The van der Waals surface area contributed by atoms with Gasteiger partial charge in [0.15, 0.2) is 0 Å². The van der Waals surface area contributed by atoms with Gasteiger partial charge in [-0.05, 0) is 51.6 Å². The van der Waals surface area contributed by atoms with Gasteiger partial charge in [-0.3, -0.25) is 4.90 Å². The van der Waals surface area contributed by atoms with E-state index in [0.29, 0.717) is 12.1 Å². The second-order valence-electron chi connectivity index (χ2n) is 4.63. The van der Waals surface area contributed by atoms with Crippen LogP contribution in [-0.4, -0.2) is 23.5 Å². The SMILES string of the molecule is CC(C)N(Cc1cccs1)C(C)CCCN. The van der Waals surface area contributed by atoms with Crippen LogP contribution >= 0.6 is 11.3 Å². The molecule has 16 heavy (non-hydrogen) atoms. The minimum absolute atomic E-state index is 0.592. The Balaban J connectivity index is 2.53. The first-order chi connectivity index (χ1) is 7.65. The molecule has 0 aromatic carbocycles. The van der Waals surface area contributed by atoms with Crippen LogP contribution in [-0.2, 0) is 6.54 Å². The normalized spacial score (nSPS) is 13.6. The highest BCUT2D eigenvalue weighted by atomic mass is 32.1. The summed E-state index contributed by atoms with van der Waals surface area (Å²) >= 11 is 1.84. The molecule has 1 aromatic heterocycles. The van der Waals surface area contributed by atoms with Crippen LogP contribution in [0.2, 0.25) is 0 Å². The van der Waals surface area contributed by atoms with Gasteiger partial charge in [-0.2, -0.15) is 0 Å². The Morgan fingerprint density at radius 3 is 2.62 bits per heavy atom. The van der Waals surface area contributed by atoms with E-state index in [9.17, 15) is 0 Å². The lowest BCUT2D eigenvalue weighted by Crippen LogP contribution is -2.38. The smallest absolute Gasteiger partial charge is 0.0333 e. The summed E-state index contributed by atoms with van der Waals surface area (Å²) < 4.78 is 0. The van der Waals surface area contributed by atoms with Crippen LogP contribution in [0.15, 0.2) is 17.5 Å².